The van der Waals surface area contributed by atoms with E-state index < -0.39 is 58.5 Å². The van der Waals surface area contributed by atoms with Crippen molar-refractivity contribution >= 4 is 29.4 Å². The maximum absolute atomic E-state index is 14.7. The number of nitrogens with zero attached hydrogens (tertiary/aromatic N) is 1. The van der Waals surface area contributed by atoms with Crippen LogP contribution < -0.4 is 0 Å². The molecule has 1 heterocycles. The predicted molar refractivity (Wildman–Crippen MR) is 131 cm³/mol. The number of ketones is 1. The summed E-state index contributed by atoms with van der Waals surface area (Å²) >= 11 is 6.07. The number of benzene rings is 3. The standard InChI is InChI=1S/C28H24ClF2NO4/c1-28(2,3)36-27(35)32-24(17-12-14-18(29)15-13-17)21(16-8-5-4-6-9-16)23(26(32)34)25(33)22-19(30)10-7-11-20(22)31/h4-15,21,23-24H,1-3H3. The summed E-state index contributed by atoms with van der Waals surface area (Å²) in [5.74, 6) is -6.64. The second-order valence-electron chi connectivity index (χ2n) is 9.56. The normalized spacial score (nSPS) is 19.9. The number of imide groups is 1. The fourth-order valence-corrected chi connectivity index (χ4v) is 4.65. The fourth-order valence-electron chi connectivity index (χ4n) is 4.53. The second-order valence-corrected chi connectivity index (χ2v) is 10.00. The minimum Gasteiger partial charge on any atom is -0.443 e. The van der Waals surface area contributed by atoms with Gasteiger partial charge in [-0.15, -0.1) is 0 Å². The monoisotopic (exact) mass is 511 g/mol. The Hall–Kier alpha value is -3.58. The highest BCUT2D eigenvalue weighted by atomic mass is 35.5. The first-order chi connectivity index (χ1) is 17.0. The number of rotatable bonds is 4. The zero-order valence-electron chi connectivity index (χ0n) is 19.9. The molecular weight excluding hydrogens is 488 g/mol. The number of Topliss-reactive ketones (excluding diaryl/α,β-unsaturated/α-hetero) is 1. The van der Waals surface area contributed by atoms with Gasteiger partial charge in [-0.05, 0) is 56.2 Å². The quantitative estimate of drug-likeness (QED) is 0.288. The van der Waals surface area contributed by atoms with Gasteiger partial charge in [0.05, 0.1) is 11.6 Å². The molecule has 0 aromatic heterocycles. The highest BCUT2D eigenvalue weighted by molar-refractivity contribution is 6.30. The molecule has 1 saturated heterocycles. The number of hydrogen-bond acceptors (Lipinski definition) is 4. The van der Waals surface area contributed by atoms with Crippen molar-refractivity contribution in [2.24, 2.45) is 5.92 Å². The molecule has 3 aromatic rings. The van der Waals surface area contributed by atoms with Crippen LogP contribution in [0.1, 0.15) is 54.2 Å². The average Bonchev–Trinajstić information content (AvgIpc) is 3.12. The highest BCUT2D eigenvalue weighted by Gasteiger charge is 2.56. The van der Waals surface area contributed by atoms with E-state index in [9.17, 15) is 23.2 Å². The minimum absolute atomic E-state index is 0.434. The smallest absolute Gasteiger partial charge is 0.417 e. The summed E-state index contributed by atoms with van der Waals surface area (Å²) in [6, 6.07) is 17.2. The third-order valence-electron chi connectivity index (χ3n) is 5.96. The Bertz CT molecular complexity index is 1290. The van der Waals surface area contributed by atoms with Crippen LogP contribution in [0.5, 0.6) is 0 Å². The maximum Gasteiger partial charge on any atom is 0.417 e. The van der Waals surface area contributed by atoms with Crippen molar-refractivity contribution in [3.05, 3.63) is 106 Å². The van der Waals surface area contributed by atoms with Crippen molar-refractivity contribution in [3.63, 3.8) is 0 Å². The van der Waals surface area contributed by atoms with Gasteiger partial charge in [0.25, 0.3) is 0 Å². The van der Waals surface area contributed by atoms with E-state index in [2.05, 4.69) is 0 Å². The molecule has 186 valence electrons. The molecule has 1 aliphatic heterocycles. The van der Waals surface area contributed by atoms with E-state index in [1.54, 1.807) is 75.4 Å². The molecule has 3 atom stereocenters. The van der Waals surface area contributed by atoms with Crippen molar-refractivity contribution in [2.45, 2.75) is 38.3 Å². The molecule has 3 unspecified atom stereocenters. The first-order valence-electron chi connectivity index (χ1n) is 11.3. The highest BCUT2D eigenvalue weighted by Crippen LogP contribution is 2.50. The molecule has 4 rings (SSSR count). The number of halogens is 3. The van der Waals surface area contributed by atoms with Crippen LogP contribution in [-0.2, 0) is 9.53 Å². The predicted octanol–water partition coefficient (Wildman–Crippen LogP) is 6.72. The Kier molecular flexibility index (Phi) is 6.96. The molecule has 3 aromatic carbocycles. The molecule has 0 radical (unpaired) electrons. The van der Waals surface area contributed by atoms with Gasteiger partial charge in [-0.1, -0.05) is 60.1 Å². The second kappa shape index (κ2) is 9.82. The Morgan fingerprint density at radius 2 is 1.44 bits per heavy atom. The van der Waals surface area contributed by atoms with Gasteiger partial charge >= 0.3 is 6.09 Å². The molecular formula is C28H24ClF2NO4. The van der Waals surface area contributed by atoms with Crippen molar-refractivity contribution in [3.8, 4) is 0 Å². The molecule has 5 nitrogen and oxygen atoms in total. The van der Waals surface area contributed by atoms with Crippen molar-refractivity contribution in [1.29, 1.82) is 0 Å². The van der Waals surface area contributed by atoms with Crippen LogP contribution in [0, 0.1) is 17.6 Å². The van der Waals surface area contributed by atoms with Gasteiger partial charge < -0.3 is 4.74 Å². The third-order valence-corrected chi connectivity index (χ3v) is 6.21. The summed E-state index contributed by atoms with van der Waals surface area (Å²) in [5.41, 5.74) is -0.703. The zero-order chi connectivity index (χ0) is 26.2. The van der Waals surface area contributed by atoms with Gasteiger partial charge in [-0.25, -0.2) is 18.5 Å². The van der Waals surface area contributed by atoms with E-state index in [4.69, 9.17) is 16.3 Å². The van der Waals surface area contributed by atoms with Crippen LogP contribution >= 0.6 is 11.6 Å². The van der Waals surface area contributed by atoms with Gasteiger partial charge in [-0.3, -0.25) is 9.59 Å². The Balaban J connectivity index is 1.94. The first-order valence-corrected chi connectivity index (χ1v) is 11.7. The molecule has 0 aliphatic carbocycles. The molecule has 36 heavy (non-hydrogen) atoms. The van der Waals surface area contributed by atoms with Gasteiger partial charge in [0.15, 0.2) is 5.78 Å². The number of ether oxygens (including phenoxy) is 1. The lowest BCUT2D eigenvalue weighted by atomic mass is 9.78. The van der Waals surface area contributed by atoms with Crippen LogP contribution in [0.15, 0.2) is 72.8 Å². The van der Waals surface area contributed by atoms with Gasteiger partial charge in [0.2, 0.25) is 5.91 Å². The summed E-state index contributed by atoms with van der Waals surface area (Å²) in [6.07, 6.45) is -0.960. The average molecular weight is 512 g/mol. The van der Waals surface area contributed by atoms with Gasteiger partial charge in [0.1, 0.15) is 23.2 Å². The van der Waals surface area contributed by atoms with Crippen LogP contribution in [0.3, 0.4) is 0 Å². The Morgan fingerprint density at radius 1 is 0.861 bits per heavy atom. The molecule has 0 N–H and O–H groups in total. The van der Waals surface area contributed by atoms with Crippen LogP contribution in [0.2, 0.25) is 5.02 Å². The SMILES string of the molecule is CC(C)(C)OC(=O)N1C(=O)C(C(=O)c2c(F)cccc2F)C(c2ccccc2)C1c1ccc(Cl)cc1. The summed E-state index contributed by atoms with van der Waals surface area (Å²) in [5, 5.41) is 0.434. The Morgan fingerprint density at radius 3 is 2.00 bits per heavy atom. The molecule has 0 spiro atoms. The molecule has 1 fully saturated rings. The van der Waals surface area contributed by atoms with Gasteiger partial charge in [-0.2, -0.15) is 0 Å². The fraction of sp³-hybridized carbons (Fsp3) is 0.250. The maximum atomic E-state index is 14.7. The molecule has 2 amide bonds. The summed E-state index contributed by atoms with van der Waals surface area (Å²) in [4.78, 5) is 41.7. The summed E-state index contributed by atoms with van der Waals surface area (Å²) < 4.78 is 34.8. The lowest BCUT2D eigenvalue weighted by molar-refractivity contribution is -0.130. The van der Waals surface area contributed by atoms with Gasteiger partial charge in [0, 0.05) is 10.9 Å². The summed E-state index contributed by atoms with van der Waals surface area (Å²) in [6.45, 7) is 4.94. The van der Waals surface area contributed by atoms with E-state index in [1.165, 1.54) is 0 Å². The molecule has 1 aliphatic rings. The van der Waals surface area contributed by atoms with Crippen molar-refractivity contribution < 1.29 is 27.9 Å². The number of amides is 2. The minimum atomic E-state index is -1.58. The van der Waals surface area contributed by atoms with Crippen molar-refractivity contribution in [1.82, 2.24) is 4.90 Å². The van der Waals surface area contributed by atoms with E-state index in [0.717, 1.165) is 23.1 Å². The van der Waals surface area contributed by atoms with Crippen LogP contribution in [-0.4, -0.2) is 28.3 Å². The Labute approximate surface area is 212 Å². The molecule has 0 saturated carbocycles. The van der Waals surface area contributed by atoms with Crippen LogP contribution in [0.4, 0.5) is 13.6 Å². The van der Waals surface area contributed by atoms with E-state index >= 15 is 0 Å². The summed E-state index contributed by atoms with van der Waals surface area (Å²) in [7, 11) is 0. The lowest BCUT2D eigenvalue weighted by Crippen LogP contribution is -2.40. The topological polar surface area (TPSA) is 63.7 Å². The largest absolute Gasteiger partial charge is 0.443 e. The van der Waals surface area contributed by atoms with E-state index in [0.29, 0.717) is 16.1 Å². The first kappa shape index (κ1) is 25.5. The molecule has 0 bridgehead atoms. The number of carbonyl (C=O) groups is 3. The number of likely N-dealkylation sites (tertiary alicyclic amines) is 1. The number of hydrogen-bond donors (Lipinski definition) is 0. The zero-order valence-corrected chi connectivity index (χ0v) is 20.6. The van der Waals surface area contributed by atoms with E-state index in [1.807, 2.05) is 0 Å². The molecule has 8 heteroatoms. The lowest BCUT2D eigenvalue weighted by Gasteiger charge is -2.30. The van der Waals surface area contributed by atoms with Crippen LogP contribution in [0.25, 0.3) is 0 Å². The third kappa shape index (κ3) is 4.88. The number of carbonyl (C=O) groups excluding carboxylic acids is 3. The van der Waals surface area contributed by atoms with Crippen molar-refractivity contribution in [2.75, 3.05) is 0 Å². The van der Waals surface area contributed by atoms with E-state index in [-0.39, 0.29) is 0 Å².